The van der Waals surface area contributed by atoms with Gasteiger partial charge in [-0.2, -0.15) is 0 Å². The zero-order valence-corrected chi connectivity index (χ0v) is 7.54. The van der Waals surface area contributed by atoms with Gasteiger partial charge >= 0.3 is 0 Å². The van der Waals surface area contributed by atoms with Crippen molar-refractivity contribution in [2.24, 2.45) is 0 Å². The minimum Gasteiger partial charge on any atom is -0.142 e. The molecule has 0 bridgehead atoms. The molecule has 1 rings (SSSR count). The Morgan fingerprint density at radius 2 is 2.30 bits per heavy atom. The van der Waals surface area contributed by atoms with E-state index in [-0.39, 0.29) is 0 Å². The molecule has 1 aromatic heterocycles. The van der Waals surface area contributed by atoms with E-state index < -0.39 is 0 Å². The molecule has 0 aliphatic rings. The predicted octanol–water partition coefficient (Wildman–Crippen LogP) is 2.71. The summed E-state index contributed by atoms with van der Waals surface area (Å²) >= 11 is 7.07. The lowest BCUT2D eigenvalue weighted by molar-refractivity contribution is 0.715. The molecule has 0 saturated heterocycles. The highest BCUT2D eigenvalue weighted by atomic mass is 35.5. The molecule has 1 atom stereocenters. The highest BCUT2D eigenvalue weighted by Crippen LogP contribution is 2.24. The van der Waals surface area contributed by atoms with Gasteiger partial charge in [0.15, 0.2) is 0 Å². The van der Waals surface area contributed by atoms with Crippen LogP contribution in [0.25, 0.3) is 0 Å². The Kier molecular flexibility index (Phi) is 2.63. The van der Waals surface area contributed by atoms with Crippen molar-refractivity contribution in [1.82, 2.24) is 10.2 Å². The summed E-state index contributed by atoms with van der Waals surface area (Å²) in [7, 11) is 0. The van der Waals surface area contributed by atoms with Crippen molar-refractivity contribution in [3.8, 4) is 0 Å². The van der Waals surface area contributed by atoms with Crippen LogP contribution in [0.15, 0.2) is 0 Å². The molecule has 0 fully saturated rings. The third-order valence-corrected chi connectivity index (χ3v) is 2.70. The SMILES string of the molecule is CCC(C)c1nnc(Cl)s1. The molecule has 1 unspecified atom stereocenters. The molecule has 10 heavy (non-hydrogen) atoms. The zero-order valence-electron chi connectivity index (χ0n) is 5.97. The summed E-state index contributed by atoms with van der Waals surface area (Å²) in [4.78, 5) is 0. The van der Waals surface area contributed by atoms with Crippen molar-refractivity contribution in [2.45, 2.75) is 26.2 Å². The number of halogens is 1. The number of aromatic nitrogens is 2. The molecule has 0 aliphatic heterocycles. The average Bonchev–Trinajstić information content (AvgIpc) is 2.34. The Labute approximate surface area is 69.2 Å². The summed E-state index contributed by atoms with van der Waals surface area (Å²) in [6.45, 7) is 4.25. The Hall–Kier alpha value is -0.150. The molecule has 0 amide bonds. The van der Waals surface area contributed by atoms with Gasteiger partial charge < -0.3 is 0 Å². The lowest BCUT2D eigenvalue weighted by Gasteiger charge is -1.99. The van der Waals surface area contributed by atoms with Crippen LogP contribution in [0, 0.1) is 0 Å². The van der Waals surface area contributed by atoms with E-state index in [1.807, 2.05) is 0 Å². The largest absolute Gasteiger partial charge is 0.207 e. The summed E-state index contributed by atoms with van der Waals surface area (Å²) < 4.78 is 0.537. The Bertz CT molecular complexity index is 211. The smallest absolute Gasteiger partial charge is 0.142 e. The highest BCUT2D eigenvalue weighted by Gasteiger charge is 2.07. The molecule has 2 nitrogen and oxygen atoms in total. The second-order valence-electron chi connectivity index (χ2n) is 2.20. The summed E-state index contributed by atoms with van der Waals surface area (Å²) in [5.41, 5.74) is 0. The van der Waals surface area contributed by atoms with Gasteiger partial charge in [-0.05, 0) is 18.0 Å². The van der Waals surface area contributed by atoms with Crippen LogP contribution in [0.2, 0.25) is 4.47 Å². The maximum atomic E-state index is 5.61. The van der Waals surface area contributed by atoms with Crippen LogP contribution in [0.5, 0.6) is 0 Å². The Balaban J connectivity index is 2.74. The van der Waals surface area contributed by atoms with Gasteiger partial charge in [0.2, 0.25) is 4.47 Å². The normalized spacial score (nSPS) is 13.5. The first-order valence-corrected chi connectivity index (χ1v) is 4.42. The van der Waals surface area contributed by atoms with Gasteiger partial charge in [-0.25, -0.2) is 0 Å². The number of hydrogen-bond donors (Lipinski definition) is 0. The highest BCUT2D eigenvalue weighted by molar-refractivity contribution is 7.15. The third kappa shape index (κ3) is 1.67. The minimum atomic E-state index is 0.491. The first-order chi connectivity index (χ1) is 4.74. The van der Waals surface area contributed by atoms with Gasteiger partial charge in [0.25, 0.3) is 0 Å². The van der Waals surface area contributed by atoms with Crippen LogP contribution >= 0.6 is 22.9 Å². The molecule has 4 heteroatoms. The number of hydrogen-bond acceptors (Lipinski definition) is 3. The van der Waals surface area contributed by atoms with Crippen molar-refractivity contribution in [1.29, 1.82) is 0 Å². The van der Waals surface area contributed by atoms with E-state index in [2.05, 4.69) is 24.0 Å². The van der Waals surface area contributed by atoms with Gasteiger partial charge in [0.05, 0.1) is 0 Å². The zero-order chi connectivity index (χ0) is 7.56. The van der Waals surface area contributed by atoms with E-state index in [1.165, 1.54) is 11.3 Å². The van der Waals surface area contributed by atoms with Crippen LogP contribution in [-0.2, 0) is 0 Å². The van der Waals surface area contributed by atoms with E-state index in [0.717, 1.165) is 11.4 Å². The maximum Gasteiger partial charge on any atom is 0.207 e. The second kappa shape index (κ2) is 3.30. The summed E-state index contributed by atoms with van der Waals surface area (Å²) in [6, 6.07) is 0. The van der Waals surface area contributed by atoms with E-state index >= 15 is 0 Å². The maximum absolute atomic E-state index is 5.61. The van der Waals surface area contributed by atoms with Gasteiger partial charge in [0.1, 0.15) is 5.01 Å². The fourth-order valence-electron chi connectivity index (χ4n) is 0.589. The van der Waals surface area contributed by atoms with Crippen LogP contribution in [-0.4, -0.2) is 10.2 Å². The third-order valence-electron chi connectivity index (χ3n) is 1.45. The van der Waals surface area contributed by atoms with Gasteiger partial charge in [0, 0.05) is 5.92 Å². The van der Waals surface area contributed by atoms with Gasteiger partial charge in [-0.1, -0.05) is 25.2 Å². The first-order valence-electron chi connectivity index (χ1n) is 3.23. The van der Waals surface area contributed by atoms with E-state index in [9.17, 15) is 0 Å². The lowest BCUT2D eigenvalue weighted by Crippen LogP contribution is -1.88. The summed E-state index contributed by atoms with van der Waals surface area (Å²) in [5.74, 6) is 0.491. The van der Waals surface area contributed by atoms with E-state index in [1.54, 1.807) is 0 Å². The molecular weight excluding hydrogens is 168 g/mol. The molecular formula is C6H9ClN2S. The number of nitrogens with zero attached hydrogens (tertiary/aromatic N) is 2. The van der Waals surface area contributed by atoms with Crippen LogP contribution in [0.3, 0.4) is 0 Å². The van der Waals surface area contributed by atoms with Crippen molar-refractivity contribution < 1.29 is 0 Å². The van der Waals surface area contributed by atoms with Crippen LogP contribution in [0.4, 0.5) is 0 Å². The van der Waals surface area contributed by atoms with Crippen LogP contribution in [0.1, 0.15) is 31.2 Å². The predicted molar refractivity (Wildman–Crippen MR) is 43.6 cm³/mol. The Morgan fingerprint density at radius 1 is 1.60 bits per heavy atom. The molecule has 0 saturated carbocycles. The number of rotatable bonds is 2. The molecule has 0 aromatic carbocycles. The van der Waals surface area contributed by atoms with E-state index in [0.29, 0.717) is 10.4 Å². The molecule has 0 N–H and O–H groups in total. The summed E-state index contributed by atoms with van der Waals surface area (Å²) in [6.07, 6.45) is 1.09. The summed E-state index contributed by atoms with van der Waals surface area (Å²) in [5, 5.41) is 8.68. The van der Waals surface area contributed by atoms with E-state index in [4.69, 9.17) is 11.6 Å². The average molecular weight is 177 g/mol. The standard InChI is InChI=1S/C6H9ClN2S/c1-3-4(2)5-8-9-6(7)10-5/h4H,3H2,1-2H3. The Morgan fingerprint density at radius 3 is 2.70 bits per heavy atom. The van der Waals surface area contributed by atoms with Crippen LogP contribution < -0.4 is 0 Å². The molecule has 0 aliphatic carbocycles. The monoisotopic (exact) mass is 176 g/mol. The van der Waals surface area contributed by atoms with Crippen molar-refractivity contribution >= 4 is 22.9 Å². The lowest BCUT2D eigenvalue weighted by atomic mass is 10.1. The van der Waals surface area contributed by atoms with Crippen molar-refractivity contribution in [3.05, 3.63) is 9.47 Å². The first kappa shape index (κ1) is 7.95. The molecule has 1 aromatic rings. The van der Waals surface area contributed by atoms with Crippen molar-refractivity contribution in [3.63, 3.8) is 0 Å². The fourth-order valence-corrected chi connectivity index (χ4v) is 1.57. The quantitative estimate of drug-likeness (QED) is 0.693. The van der Waals surface area contributed by atoms with Gasteiger partial charge in [-0.3, -0.25) is 0 Å². The molecule has 0 radical (unpaired) electrons. The minimum absolute atomic E-state index is 0.491. The molecule has 1 heterocycles. The fraction of sp³-hybridized carbons (Fsp3) is 0.667. The van der Waals surface area contributed by atoms with Gasteiger partial charge in [-0.15, -0.1) is 10.2 Å². The topological polar surface area (TPSA) is 25.8 Å². The van der Waals surface area contributed by atoms with Crippen molar-refractivity contribution in [2.75, 3.05) is 0 Å². The molecule has 56 valence electrons. The second-order valence-corrected chi connectivity index (χ2v) is 3.79. The molecule has 0 spiro atoms.